The van der Waals surface area contributed by atoms with E-state index < -0.39 is 0 Å². The normalized spacial score (nSPS) is 21.0. The Kier molecular flexibility index (Phi) is 6.61. The molecule has 0 heterocycles. The maximum absolute atomic E-state index is 9.53. The standard InChI is InChI=1S/C15H32N2O/c1-5-13(2)11-17(4)10-6-9-15(3,12-18)16-14-7-8-14/h13-14,16,18H,5-12H2,1-4H3. The van der Waals surface area contributed by atoms with E-state index in [0.29, 0.717) is 6.04 Å². The van der Waals surface area contributed by atoms with E-state index in [1.807, 2.05) is 0 Å². The molecule has 0 bridgehead atoms. The van der Waals surface area contributed by atoms with Gasteiger partial charge in [0.25, 0.3) is 0 Å². The summed E-state index contributed by atoms with van der Waals surface area (Å²) in [6.07, 6.45) is 6.03. The summed E-state index contributed by atoms with van der Waals surface area (Å²) in [7, 11) is 2.21. The molecule has 0 aliphatic heterocycles. The van der Waals surface area contributed by atoms with Crippen LogP contribution in [-0.4, -0.2) is 48.3 Å². The van der Waals surface area contributed by atoms with Crippen LogP contribution in [0.15, 0.2) is 0 Å². The van der Waals surface area contributed by atoms with Crippen LogP contribution in [0.25, 0.3) is 0 Å². The molecule has 1 rings (SSSR count). The van der Waals surface area contributed by atoms with Gasteiger partial charge in [0.1, 0.15) is 0 Å². The molecule has 0 aromatic heterocycles. The van der Waals surface area contributed by atoms with Gasteiger partial charge >= 0.3 is 0 Å². The summed E-state index contributed by atoms with van der Waals surface area (Å²) in [4.78, 5) is 2.42. The molecule has 1 aliphatic carbocycles. The third kappa shape index (κ3) is 6.17. The minimum absolute atomic E-state index is 0.0711. The average molecular weight is 256 g/mol. The highest BCUT2D eigenvalue weighted by molar-refractivity contribution is 4.92. The first-order chi connectivity index (χ1) is 8.49. The maximum Gasteiger partial charge on any atom is 0.0610 e. The number of aliphatic hydroxyl groups is 1. The Morgan fingerprint density at radius 2 is 2.11 bits per heavy atom. The van der Waals surface area contributed by atoms with Crippen LogP contribution in [0.2, 0.25) is 0 Å². The Morgan fingerprint density at radius 1 is 1.44 bits per heavy atom. The summed E-state index contributed by atoms with van der Waals surface area (Å²) < 4.78 is 0. The molecule has 1 aliphatic rings. The fraction of sp³-hybridized carbons (Fsp3) is 1.00. The van der Waals surface area contributed by atoms with Crippen molar-refractivity contribution in [3.8, 4) is 0 Å². The lowest BCUT2D eigenvalue weighted by atomic mass is 9.96. The molecule has 0 saturated heterocycles. The molecule has 18 heavy (non-hydrogen) atoms. The van der Waals surface area contributed by atoms with Crippen LogP contribution in [0, 0.1) is 5.92 Å². The Balaban J connectivity index is 2.17. The monoisotopic (exact) mass is 256 g/mol. The predicted molar refractivity (Wildman–Crippen MR) is 77.8 cm³/mol. The molecule has 2 atom stereocenters. The molecule has 2 N–H and O–H groups in total. The molecule has 0 amide bonds. The summed E-state index contributed by atoms with van der Waals surface area (Å²) in [5.74, 6) is 0.781. The Labute approximate surface area is 113 Å². The second-order valence-electron chi connectivity index (χ2n) is 6.52. The largest absolute Gasteiger partial charge is 0.394 e. The van der Waals surface area contributed by atoms with Gasteiger partial charge in [-0.1, -0.05) is 20.3 Å². The Hall–Kier alpha value is -0.120. The SMILES string of the molecule is CCC(C)CN(C)CCCC(C)(CO)NC1CC1. The number of nitrogens with one attached hydrogen (secondary N) is 1. The van der Waals surface area contributed by atoms with Gasteiger partial charge in [-0.2, -0.15) is 0 Å². The average Bonchev–Trinajstić information content (AvgIpc) is 3.12. The van der Waals surface area contributed by atoms with Crippen molar-refractivity contribution in [2.24, 2.45) is 5.92 Å². The highest BCUT2D eigenvalue weighted by Gasteiger charge is 2.31. The quantitative estimate of drug-likeness (QED) is 0.629. The molecule has 3 heteroatoms. The van der Waals surface area contributed by atoms with E-state index >= 15 is 0 Å². The summed E-state index contributed by atoms with van der Waals surface area (Å²) in [5, 5.41) is 13.1. The summed E-state index contributed by atoms with van der Waals surface area (Å²) in [6, 6.07) is 0.667. The molecule has 0 spiro atoms. The van der Waals surface area contributed by atoms with Gasteiger partial charge in [0.15, 0.2) is 0 Å². The first-order valence-electron chi connectivity index (χ1n) is 7.56. The molecular formula is C15H32N2O. The summed E-state index contributed by atoms with van der Waals surface area (Å²) in [6.45, 7) is 9.27. The van der Waals surface area contributed by atoms with E-state index in [1.54, 1.807) is 0 Å². The van der Waals surface area contributed by atoms with Crippen LogP contribution < -0.4 is 5.32 Å². The first kappa shape index (κ1) is 15.9. The molecule has 3 nitrogen and oxygen atoms in total. The van der Waals surface area contributed by atoms with E-state index in [0.717, 1.165) is 25.3 Å². The van der Waals surface area contributed by atoms with Crippen molar-refractivity contribution in [1.82, 2.24) is 10.2 Å². The fourth-order valence-electron chi connectivity index (χ4n) is 2.41. The zero-order valence-electron chi connectivity index (χ0n) is 12.7. The highest BCUT2D eigenvalue weighted by atomic mass is 16.3. The van der Waals surface area contributed by atoms with E-state index in [2.05, 4.69) is 38.0 Å². The molecule has 0 aromatic carbocycles. The van der Waals surface area contributed by atoms with E-state index in [1.165, 1.54) is 25.8 Å². The van der Waals surface area contributed by atoms with Crippen molar-refractivity contribution in [2.75, 3.05) is 26.7 Å². The van der Waals surface area contributed by atoms with Gasteiger partial charge in [-0.05, 0) is 52.1 Å². The number of aliphatic hydroxyl groups excluding tert-OH is 1. The van der Waals surface area contributed by atoms with Gasteiger partial charge in [-0.3, -0.25) is 0 Å². The smallest absolute Gasteiger partial charge is 0.0610 e. The van der Waals surface area contributed by atoms with Crippen molar-refractivity contribution < 1.29 is 5.11 Å². The van der Waals surface area contributed by atoms with Crippen molar-refractivity contribution in [2.45, 2.75) is 64.5 Å². The molecule has 2 unspecified atom stereocenters. The van der Waals surface area contributed by atoms with Crippen LogP contribution in [0.4, 0.5) is 0 Å². The lowest BCUT2D eigenvalue weighted by Crippen LogP contribution is -2.47. The molecule has 0 radical (unpaired) electrons. The van der Waals surface area contributed by atoms with E-state index in [-0.39, 0.29) is 12.1 Å². The Bertz CT molecular complexity index is 231. The second kappa shape index (κ2) is 7.46. The third-order valence-electron chi connectivity index (χ3n) is 4.07. The van der Waals surface area contributed by atoms with Gasteiger partial charge < -0.3 is 15.3 Å². The minimum Gasteiger partial charge on any atom is -0.394 e. The predicted octanol–water partition coefficient (Wildman–Crippen LogP) is 2.25. The molecule has 0 aromatic rings. The highest BCUT2D eigenvalue weighted by Crippen LogP contribution is 2.24. The van der Waals surface area contributed by atoms with Crippen molar-refractivity contribution in [1.29, 1.82) is 0 Å². The third-order valence-corrected chi connectivity index (χ3v) is 4.07. The lowest BCUT2D eigenvalue weighted by molar-refractivity contribution is 0.155. The van der Waals surface area contributed by atoms with Gasteiger partial charge in [0.2, 0.25) is 0 Å². The van der Waals surface area contributed by atoms with Crippen molar-refractivity contribution in [3.63, 3.8) is 0 Å². The summed E-state index contributed by atoms with van der Waals surface area (Å²) in [5.41, 5.74) is -0.0711. The maximum atomic E-state index is 9.53. The molecule has 1 fully saturated rings. The van der Waals surface area contributed by atoms with Crippen molar-refractivity contribution >= 4 is 0 Å². The molecular weight excluding hydrogens is 224 g/mol. The van der Waals surface area contributed by atoms with Crippen LogP contribution in [0.5, 0.6) is 0 Å². The minimum atomic E-state index is -0.0711. The molecule has 108 valence electrons. The lowest BCUT2D eigenvalue weighted by Gasteiger charge is -2.30. The summed E-state index contributed by atoms with van der Waals surface area (Å²) >= 11 is 0. The van der Waals surface area contributed by atoms with Gasteiger partial charge in [-0.25, -0.2) is 0 Å². The molecule has 1 saturated carbocycles. The van der Waals surface area contributed by atoms with E-state index in [4.69, 9.17) is 0 Å². The number of hydrogen-bond donors (Lipinski definition) is 2. The number of nitrogens with zero attached hydrogens (tertiary/aromatic N) is 1. The zero-order valence-corrected chi connectivity index (χ0v) is 12.7. The number of hydrogen-bond acceptors (Lipinski definition) is 3. The topological polar surface area (TPSA) is 35.5 Å². The van der Waals surface area contributed by atoms with Crippen LogP contribution in [-0.2, 0) is 0 Å². The van der Waals surface area contributed by atoms with Gasteiger partial charge in [0, 0.05) is 18.1 Å². The fourth-order valence-corrected chi connectivity index (χ4v) is 2.41. The Morgan fingerprint density at radius 3 is 2.61 bits per heavy atom. The van der Waals surface area contributed by atoms with Crippen LogP contribution >= 0.6 is 0 Å². The van der Waals surface area contributed by atoms with Crippen LogP contribution in [0.3, 0.4) is 0 Å². The first-order valence-corrected chi connectivity index (χ1v) is 7.56. The van der Waals surface area contributed by atoms with Gasteiger partial charge in [0.05, 0.1) is 6.61 Å². The van der Waals surface area contributed by atoms with Gasteiger partial charge in [-0.15, -0.1) is 0 Å². The zero-order chi connectivity index (χ0) is 13.6. The van der Waals surface area contributed by atoms with Crippen molar-refractivity contribution in [3.05, 3.63) is 0 Å². The number of rotatable bonds is 10. The van der Waals surface area contributed by atoms with Crippen LogP contribution in [0.1, 0.15) is 52.9 Å². The second-order valence-corrected chi connectivity index (χ2v) is 6.52. The van der Waals surface area contributed by atoms with E-state index in [9.17, 15) is 5.11 Å².